The average Bonchev–Trinajstić information content (AvgIpc) is 3.48. The number of carbonyl (C=O) groups excluding carboxylic acids is 1. The van der Waals surface area contributed by atoms with Crippen molar-refractivity contribution in [3.8, 4) is 11.1 Å². The number of aromatic nitrogens is 3. The Morgan fingerprint density at radius 3 is 2.73 bits per heavy atom. The molecule has 0 saturated carbocycles. The molecule has 4 aromatic rings. The maximum Gasteiger partial charge on any atom is 0.256 e. The monoisotopic (exact) mass is 440 g/mol. The molecule has 5 rings (SSSR count). The van der Waals surface area contributed by atoms with Gasteiger partial charge in [0.2, 0.25) is 0 Å². The van der Waals surface area contributed by atoms with Crippen LogP contribution in [0.15, 0.2) is 60.9 Å². The number of amides is 1. The third-order valence-electron chi connectivity index (χ3n) is 6.32. The van der Waals surface area contributed by atoms with E-state index < -0.39 is 0 Å². The van der Waals surface area contributed by atoms with Crippen molar-refractivity contribution in [2.24, 2.45) is 12.8 Å². The van der Waals surface area contributed by atoms with E-state index in [2.05, 4.69) is 32.4 Å². The van der Waals surface area contributed by atoms with Crippen LogP contribution in [0.3, 0.4) is 0 Å². The molecule has 7 nitrogen and oxygen atoms in total. The molecule has 3 heterocycles. The maximum atomic E-state index is 12.9. The molecule has 1 aliphatic heterocycles. The summed E-state index contributed by atoms with van der Waals surface area (Å²) in [6.45, 7) is 3.56. The molecule has 1 amide bonds. The summed E-state index contributed by atoms with van der Waals surface area (Å²) < 4.78 is 1.80. The Hall–Kier alpha value is -3.55. The van der Waals surface area contributed by atoms with Gasteiger partial charge in [0.05, 0.1) is 11.9 Å². The van der Waals surface area contributed by atoms with Crippen molar-refractivity contribution in [3.05, 3.63) is 77.7 Å². The van der Waals surface area contributed by atoms with Gasteiger partial charge in [0.15, 0.2) is 0 Å². The summed E-state index contributed by atoms with van der Waals surface area (Å²) in [7, 11) is 1.89. The summed E-state index contributed by atoms with van der Waals surface area (Å²) in [4.78, 5) is 19.8. The number of benzene rings is 2. The largest absolute Gasteiger partial charge is 0.325 e. The van der Waals surface area contributed by atoms with E-state index in [4.69, 9.17) is 5.73 Å². The minimum absolute atomic E-state index is 0.154. The third kappa shape index (κ3) is 4.51. The van der Waals surface area contributed by atoms with E-state index in [0.29, 0.717) is 17.9 Å². The van der Waals surface area contributed by atoms with Crippen LogP contribution in [0.5, 0.6) is 0 Å². The molecule has 7 heteroatoms. The number of nitrogens with zero attached hydrogens (tertiary/aromatic N) is 4. The van der Waals surface area contributed by atoms with E-state index in [1.54, 1.807) is 10.9 Å². The van der Waals surface area contributed by atoms with Gasteiger partial charge >= 0.3 is 0 Å². The number of likely N-dealkylation sites (tertiary alicyclic amines) is 1. The molecule has 1 aliphatic rings. The number of hydrogen-bond acceptors (Lipinski definition) is 5. The highest BCUT2D eigenvalue weighted by molar-refractivity contribution is 6.04. The summed E-state index contributed by atoms with van der Waals surface area (Å²) in [5, 5.41) is 9.29. The van der Waals surface area contributed by atoms with Gasteiger partial charge in [-0.05, 0) is 66.7 Å². The molecule has 1 saturated heterocycles. The number of carbonyl (C=O) groups is 1. The van der Waals surface area contributed by atoms with E-state index in [9.17, 15) is 4.79 Å². The lowest BCUT2D eigenvalue weighted by atomic mass is 10.0. The molecule has 2 aromatic carbocycles. The highest BCUT2D eigenvalue weighted by Gasteiger charge is 2.14. The van der Waals surface area contributed by atoms with Crippen LogP contribution >= 0.6 is 0 Å². The Labute approximate surface area is 193 Å². The van der Waals surface area contributed by atoms with E-state index >= 15 is 0 Å². The summed E-state index contributed by atoms with van der Waals surface area (Å²) in [6.07, 6.45) is 6.13. The fourth-order valence-electron chi connectivity index (χ4n) is 4.52. The first kappa shape index (κ1) is 21.3. The summed E-state index contributed by atoms with van der Waals surface area (Å²) in [6, 6.07) is 15.9. The van der Waals surface area contributed by atoms with Gasteiger partial charge in [-0.1, -0.05) is 24.3 Å². The number of rotatable bonds is 6. The zero-order chi connectivity index (χ0) is 22.8. The predicted molar refractivity (Wildman–Crippen MR) is 131 cm³/mol. The second-order valence-electron chi connectivity index (χ2n) is 8.60. The second-order valence-corrected chi connectivity index (χ2v) is 8.60. The molecule has 33 heavy (non-hydrogen) atoms. The third-order valence-corrected chi connectivity index (χ3v) is 6.32. The second kappa shape index (κ2) is 9.13. The molecule has 0 aliphatic carbocycles. The number of hydrogen-bond donors (Lipinski definition) is 2. The number of fused-ring (bicyclic) bond motifs is 1. The molecule has 0 radical (unpaired) electrons. The zero-order valence-corrected chi connectivity index (χ0v) is 18.8. The average molecular weight is 441 g/mol. The summed E-state index contributed by atoms with van der Waals surface area (Å²) >= 11 is 0. The fourth-order valence-corrected chi connectivity index (χ4v) is 4.52. The predicted octanol–water partition coefficient (Wildman–Crippen LogP) is 3.94. The molecule has 0 bridgehead atoms. The van der Waals surface area contributed by atoms with Crippen molar-refractivity contribution in [1.82, 2.24) is 19.7 Å². The van der Waals surface area contributed by atoms with Gasteiger partial charge in [-0.2, -0.15) is 5.10 Å². The lowest BCUT2D eigenvalue weighted by Crippen LogP contribution is -2.19. The van der Waals surface area contributed by atoms with Crippen molar-refractivity contribution < 1.29 is 4.79 Å². The highest BCUT2D eigenvalue weighted by Crippen LogP contribution is 2.28. The number of nitrogens with two attached hydrogens (primary N) is 1. The van der Waals surface area contributed by atoms with Crippen LogP contribution in [0, 0.1) is 0 Å². The van der Waals surface area contributed by atoms with Gasteiger partial charge < -0.3 is 11.1 Å². The zero-order valence-electron chi connectivity index (χ0n) is 18.8. The van der Waals surface area contributed by atoms with Gasteiger partial charge in [-0.15, -0.1) is 0 Å². The van der Waals surface area contributed by atoms with Gasteiger partial charge in [0.1, 0.15) is 5.82 Å². The van der Waals surface area contributed by atoms with Crippen LogP contribution < -0.4 is 11.1 Å². The van der Waals surface area contributed by atoms with Crippen LogP contribution in [-0.2, 0) is 20.1 Å². The molecular formula is C26H28N6O. The minimum Gasteiger partial charge on any atom is -0.325 e. The first-order valence-electron chi connectivity index (χ1n) is 11.3. The van der Waals surface area contributed by atoms with E-state index in [1.807, 2.05) is 49.6 Å². The first-order chi connectivity index (χ1) is 16.1. The Morgan fingerprint density at radius 2 is 1.91 bits per heavy atom. The summed E-state index contributed by atoms with van der Waals surface area (Å²) in [5.41, 5.74) is 10.7. The number of aryl methyl sites for hydroxylation is 1. The smallest absolute Gasteiger partial charge is 0.256 e. The Morgan fingerprint density at radius 1 is 1.06 bits per heavy atom. The molecule has 0 spiro atoms. The number of nitrogens with one attached hydrogen (secondary N) is 1. The van der Waals surface area contributed by atoms with Crippen LogP contribution in [0.25, 0.3) is 21.9 Å². The SMILES string of the molecule is Cn1ncc(-c2ccc3cnc(NC(=O)c4cccc(CN5CCCC5)c4)cc3c2)c1CN. The van der Waals surface area contributed by atoms with Crippen molar-refractivity contribution in [1.29, 1.82) is 0 Å². The van der Waals surface area contributed by atoms with Crippen LogP contribution in [-0.4, -0.2) is 38.7 Å². The Balaban J connectivity index is 1.37. The van der Waals surface area contributed by atoms with Gasteiger partial charge in [-0.25, -0.2) is 4.98 Å². The normalized spacial score (nSPS) is 14.1. The van der Waals surface area contributed by atoms with Crippen molar-refractivity contribution in [2.75, 3.05) is 18.4 Å². The minimum atomic E-state index is -0.154. The number of pyridine rings is 1. The summed E-state index contributed by atoms with van der Waals surface area (Å²) in [5.74, 6) is 0.374. The van der Waals surface area contributed by atoms with Gasteiger partial charge in [0.25, 0.3) is 5.91 Å². The lowest BCUT2D eigenvalue weighted by molar-refractivity contribution is 0.102. The maximum absolute atomic E-state index is 12.9. The molecule has 0 atom stereocenters. The van der Waals surface area contributed by atoms with Gasteiger partial charge in [-0.3, -0.25) is 14.4 Å². The number of anilines is 1. The van der Waals surface area contributed by atoms with Crippen molar-refractivity contribution in [2.45, 2.75) is 25.9 Å². The fraction of sp³-hybridized carbons (Fsp3) is 0.269. The van der Waals surface area contributed by atoms with Crippen molar-refractivity contribution >= 4 is 22.5 Å². The van der Waals surface area contributed by atoms with Gasteiger partial charge in [0, 0.05) is 42.8 Å². The topological polar surface area (TPSA) is 89.1 Å². The molecule has 0 unspecified atom stereocenters. The highest BCUT2D eigenvalue weighted by atomic mass is 16.1. The molecule has 3 N–H and O–H groups in total. The Kier molecular flexibility index (Phi) is 5.90. The van der Waals surface area contributed by atoms with Crippen LogP contribution in [0.2, 0.25) is 0 Å². The van der Waals surface area contributed by atoms with Crippen LogP contribution in [0.4, 0.5) is 5.82 Å². The first-order valence-corrected chi connectivity index (χ1v) is 11.3. The molecular weight excluding hydrogens is 412 g/mol. The van der Waals surface area contributed by atoms with Crippen LogP contribution in [0.1, 0.15) is 34.5 Å². The van der Waals surface area contributed by atoms with Crippen molar-refractivity contribution in [3.63, 3.8) is 0 Å². The van der Waals surface area contributed by atoms with E-state index in [1.165, 1.54) is 12.8 Å². The lowest BCUT2D eigenvalue weighted by Gasteiger charge is -2.15. The van der Waals surface area contributed by atoms with E-state index in [-0.39, 0.29) is 5.91 Å². The Bertz CT molecular complexity index is 1310. The van der Waals surface area contributed by atoms with E-state index in [0.717, 1.165) is 52.8 Å². The quantitative estimate of drug-likeness (QED) is 0.474. The molecule has 2 aromatic heterocycles. The molecule has 168 valence electrons. The standard InChI is InChI=1S/C26H28N6O/c1-31-24(14-27)23(16-29-31)19-7-8-21-15-28-25(13-22(21)12-19)30-26(33)20-6-4-5-18(11-20)17-32-9-2-3-10-32/h4-8,11-13,15-16H,2-3,9-10,14,17,27H2,1H3,(H,28,30,33). The molecule has 1 fully saturated rings.